The SMILES string of the molecule is O=C(Nc1nc(-c2cc(F)ccc2F)cs1)c1cc(S(=O)(=O)N2CCCCC2)ccc1Cl. The van der Waals surface area contributed by atoms with Crippen LogP contribution >= 0.6 is 22.9 Å². The normalized spacial score (nSPS) is 15.0. The molecule has 1 amide bonds. The largest absolute Gasteiger partial charge is 0.298 e. The fourth-order valence-electron chi connectivity index (χ4n) is 3.41. The second kappa shape index (κ2) is 9.22. The lowest BCUT2D eigenvalue weighted by Gasteiger charge is -2.26. The van der Waals surface area contributed by atoms with Crippen LogP contribution in [0.4, 0.5) is 13.9 Å². The molecule has 0 aliphatic carbocycles. The highest BCUT2D eigenvalue weighted by Gasteiger charge is 2.27. The van der Waals surface area contributed by atoms with E-state index in [0.29, 0.717) is 13.1 Å². The van der Waals surface area contributed by atoms with Gasteiger partial charge in [0.2, 0.25) is 10.0 Å². The Labute approximate surface area is 192 Å². The zero-order chi connectivity index (χ0) is 22.9. The molecule has 1 aliphatic heterocycles. The fourth-order valence-corrected chi connectivity index (χ4v) is 5.86. The summed E-state index contributed by atoms with van der Waals surface area (Å²) in [7, 11) is -3.74. The van der Waals surface area contributed by atoms with Crippen molar-refractivity contribution in [3.8, 4) is 11.3 Å². The molecule has 11 heteroatoms. The minimum atomic E-state index is -3.74. The number of hydrogen-bond donors (Lipinski definition) is 1. The Bertz CT molecular complexity index is 1280. The molecule has 3 aromatic rings. The van der Waals surface area contributed by atoms with Crippen molar-refractivity contribution in [2.45, 2.75) is 24.2 Å². The molecule has 0 unspecified atom stereocenters. The first-order valence-electron chi connectivity index (χ1n) is 9.78. The molecule has 2 heterocycles. The number of nitrogens with one attached hydrogen (secondary N) is 1. The van der Waals surface area contributed by atoms with Crippen LogP contribution in [0.15, 0.2) is 46.7 Å². The van der Waals surface area contributed by atoms with Crippen molar-refractivity contribution in [1.82, 2.24) is 9.29 Å². The second-order valence-corrected chi connectivity index (χ2v) is 10.4. The summed E-state index contributed by atoms with van der Waals surface area (Å²) in [5.41, 5.74) is 0.0997. The summed E-state index contributed by atoms with van der Waals surface area (Å²) in [6, 6.07) is 6.99. The van der Waals surface area contributed by atoms with Crippen molar-refractivity contribution < 1.29 is 22.0 Å². The van der Waals surface area contributed by atoms with Gasteiger partial charge in [0, 0.05) is 24.0 Å². The van der Waals surface area contributed by atoms with Crippen molar-refractivity contribution in [3.63, 3.8) is 0 Å². The molecule has 0 atom stereocenters. The summed E-state index contributed by atoms with van der Waals surface area (Å²) < 4.78 is 54.7. The van der Waals surface area contributed by atoms with Crippen LogP contribution in [0.1, 0.15) is 29.6 Å². The highest BCUT2D eigenvalue weighted by molar-refractivity contribution is 7.89. The first-order valence-corrected chi connectivity index (χ1v) is 12.5. The predicted molar refractivity (Wildman–Crippen MR) is 119 cm³/mol. The maximum absolute atomic E-state index is 14.0. The molecule has 1 aromatic heterocycles. The number of anilines is 1. The topological polar surface area (TPSA) is 79.4 Å². The van der Waals surface area contributed by atoms with Gasteiger partial charge in [0.1, 0.15) is 11.6 Å². The van der Waals surface area contributed by atoms with Gasteiger partial charge in [-0.25, -0.2) is 22.2 Å². The van der Waals surface area contributed by atoms with Gasteiger partial charge in [0.15, 0.2) is 5.13 Å². The summed E-state index contributed by atoms with van der Waals surface area (Å²) in [5.74, 6) is -1.92. The predicted octanol–water partition coefficient (Wildman–Crippen LogP) is 5.17. The van der Waals surface area contributed by atoms with Crippen LogP contribution in [0.3, 0.4) is 0 Å². The Morgan fingerprint density at radius 3 is 2.59 bits per heavy atom. The Morgan fingerprint density at radius 1 is 1.09 bits per heavy atom. The average Bonchev–Trinajstić information content (AvgIpc) is 3.24. The van der Waals surface area contributed by atoms with Crippen molar-refractivity contribution in [3.05, 3.63) is 64.0 Å². The van der Waals surface area contributed by atoms with Crippen molar-refractivity contribution in [2.24, 2.45) is 0 Å². The zero-order valence-corrected chi connectivity index (χ0v) is 19.0. The van der Waals surface area contributed by atoms with Gasteiger partial charge in [0.25, 0.3) is 5.91 Å². The third kappa shape index (κ3) is 4.68. The lowest BCUT2D eigenvalue weighted by Crippen LogP contribution is -2.35. The lowest BCUT2D eigenvalue weighted by atomic mass is 10.1. The molecule has 1 fully saturated rings. The number of rotatable bonds is 5. The average molecular weight is 498 g/mol. The van der Waals surface area contributed by atoms with Gasteiger partial charge in [-0.3, -0.25) is 10.1 Å². The molecule has 6 nitrogen and oxygen atoms in total. The van der Waals surface area contributed by atoms with Gasteiger partial charge in [-0.05, 0) is 49.2 Å². The summed E-state index contributed by atoms with van der Waals surface area (Å²) in [6.07, 6.45) is 2.56. The number of sulfonamides is 1. The van der Waals surface area contributed by atoms with Crippen LogP contribution in [0.2, 0.25) is 5.02 Å². The number of carbonyl (C=O) groups excluding carboxylic acids is 1. The number of amides is 1. The highest BCUT2D eigenvalue weighted by Crippen LogP contribution is 2.29. The third-order valence-electron chi connectivity index (χ3n) is 5.06. The summed E-state index contributed by atoms with van der Waals surface area (Å²) in [4.78, 5) is 16.9. The van der Waals surface area contributed by atoms with Crippen LogP contribution < -0.4 is 5.32 Å². The van der Waals surface area contributed by atoms with Crippen molar-refractivity contribution in [1.29, 1.82) is 0 Å². The molecular formula is C21H18ClF2N3O3S2. The number of benzene rings is 2. The Kier molecular flexibility index (Phi) is 6.57. The molecule has 2 aromatic carbocycles. The molecule has 32 heavy (non-hydrogen) atoms. The smallest absolute Gasteiger partial charge is 0.259 e. The van der Waals surface area contributed by atoms with Gasteiger partial charge in [-0.15, -0.1) is 11.3 Å². The molecule has 0 spiro atoms. The van der Waals surface area contributed by atoms with Crippen LogP contribution in [-0.4, -0.2) is 36.7 Å². The molecule has 1 aliphatic rings. The van der Waals surface area contributed by atoms with Crippen LogP contribution in [0, 0.1) is 11.6 Å². The van der Waals surface area contributed by atoms with Crippen molar-refractivity contribution in [2.75, 3.05) is 18.4 Å². The van der Waals surface area contributed by atoms with E-state index in [1.807, 2.05) is 0 Å². The number of halogens is 3. The molecular weight excluding hydrogens is 480 g/mol. The minimum absolute atomic E-state index is 0.0180. The third-order valence-corrected chi connectivity index (χ3v) is 8.05. The van der Waals surface area contributed by atoms with E-state index in [1.54, 1.807) is 0 Å². The van der Waals surface area contributed by atoms with E-state index in [4.69, 9.17) is 11.6 Å². The first kappa shape index (κ1) is 22.8. The Morgan fingerprint density at radius 2 is 1.84 bits per heavy atom. The van der Waals surface area contributed by atoms with E-state index < -0.39 is 27.6 Å². The lowest BCUT2D eigenvalue weighted by molar-refractivity contribution is 0.102. The number of nitrogens with zero attached hydrogens (tertiary/aromatic N) is 2. The van der Waals surface area contributed by atoms with E-state index in [-0.39, 0.29) is 31.9 Å². The molecule has 4 rings (SSSR count). The summed E-state index contributed by atoms with van der Waals surface area (Å²) in [5, 5.41) is 4.23. The van der Waals surface area contributed by atoms with E-state index >= 15 is 0 Å². The quantitative estimate of drug-likeness (QED) is 0.527. The Hall–Kier alpha value is -2.40. The van der Waals surface area contributed by atoms with Crippen molar-refractivity contribution >= 4 is 44.0 Å². The number of thiazole rings is 1. The van der Waals surface area contributed by atoms with E-state index in [0.717, 1.165) is 48.8 Å². The van der Waals surface area contributed by atoms with Crippen LogP contribution in [0.5, 0.6) is 0 Å². The van der Waals surface area contributed by atoms with Gasteiger partial charge in [0.05, 0.1) is 21.2 Å². The van der Waals surface area contributed by atoms with E-state index in [9.17, 15) is 22.0 Å². The van der Waals surface area contributed by atoms with Gasteiger partial charge >= 0.3 is 0 Å². The van der Waals surface area contributed by atoms with Crippen LogP contribution in [-0.2, 0) is 10.0 Å². The minimum Gasteiger partial charge on any atom is -0.298 e. The van der Waals surface area contributed by atoms with Gasteiger partial charge in [-0.2, -0.15) is 4.31 Å². The second-order valence-electron chi connectivity index (χ2n) is 7.22. The zero-order valence-electron chi connectivity index (χ0n) is 16.6. The van der Waals surface area contributed by atoms with Gasteiger partial charge < -0.3 is 0 Å². The monoisotopic (exact) mass is 497 g/mol. The standard InChI is InChI=1S/C21H18ClF2N3O3S2/c22-17-6-5-14(32(29,30)27-8-2-1-3-9-27)11-15(17)20(28)26-21-25-19(12-31-21)16-10-13(23)4-7-18(16)24/h4-7,10-12H,1-3,8-9H2,(H,25,26,28). The van der Waals surface area contributed by atoms with E-state index in [2.05, 4.69) is 10.3 Å². The number of carbonyl (C=O) groups is 1. The number of aromatic nitrogens is 1. The molecule has 0 radical (unpaired) electrons. The molecule has 0 bridgehead atoms. The number of piperidine rings is 1. The van der Waals surface area contributed by atoms with Gasteiger partial charge in [-0.1, -0.05) is 18.0 Å². The molecule has 0 saturated carbocycles. The van der Waals surface area contributed by atoms with E-state index in [1.165, 1.54) is 27.9 Å². The fraction of sp³-hybridized carbons (Fsp3) is 0.238. The first-order chi connectivity index (χ1) is 15.3. The Balaban J connectivity index is 1.57. The molecule has 1 saturated heterocycles. The molecule has 168 valence electrons. The molecule has 1 N–H and O–H groups in total. The number of hydrogen-bond acceptors (Lipinski definition) is 5. The van der Waals surface area contributed by atoms with Crippen LogP contribution in [0.25, 0.3) is 11.3 Å². The maximum atomic E-state index is 14.0. The summed E-state index contributed by atoms with van der Waals surface area (Å²) >= 11 is 7.17. The highest BCUT2D eigenvalue weighted by atomic mass is 35.5. The summed E-state index contributed by atoms with van der Waals surface area (Å²) in [6.45, 7) is 0.871. The maximum Gasteiger partial charge on any atom is 0.259 e.